The van der Waals surface area contributed by atoms with Crippen LogP contribution < -0.4 is 0 Å². The second kappa shape index (κ2) is 8.84. The Hall–Kier alpha value is -2.28. The van der Waals surface area contributed by atoms with Crippen LogP contribution in [0.1, 0.15) is 60.5 Å². The number of hydrogen-bond acceptors (Lipinski definition) is 3. The van der Waals surface area contributed by atoms with Gasteiger partial charge in [0.05, 0.1) is 5.56 Å². The summed E-state index contributed by atoms with van der Waals surface area (Å²) in [5.74, 6) is 1.44. The number of hydrogen-bond donors (Lipinski definition) is 0. The van der Waals surface area contributed by atoms with Crippen molar-refractivity contribution in [2.24, 2.45) is 0 Å². The Kier molecular flexibility index (Phi) is 6.18. The summed E-state index contributed by atoms with van der Waals surface area (Å²) in [5, 5.41) is 9.52. The molecule has 0 aliphatic heterocycles. The monoisotopic (exact) mass is 431 g/mol. The summed E-state index contributed by atoms with van der Waals surface area (Å²) in [4.78, 5) is 0. The molecule has 1 fully saturated rings. The number of aromatic nitrogens is 3. The highest BCUT2D eigenvalue weighted by atomic mass is 32.2. The molecule has 3 aromatic rings. The smallest absolute Gasteiger partial charge is 0.274 e. The van der Waals surface area contributed by atoms with Gasteiger partial charge in [-0.25, -0.2) is 0 Å². The van der Waals surface area contributed by atoms with Crippen LogP contribution in [0, 0.1) is 6.92 Å². The summed E-state index contributed by atoms with van der Waals surface area (Å²) in [6.07, 6.45) is 1.37. The SMILES string of the molecule is Cc1ccc(-n2c(SCc3ccccc3C(F)(F)F)nnc2C2CCCCC2)cc1. The van der Waals surface area contributed by atoms with Gasteiger partial charge in [-0.15, -0.1) is 10.2 Å². The van der Waals surface area contributed by atoms with E-state index in [4.69, 9.17) is 0 Å². The molecule has 2 aromatic carbocycles. The number of thioether (sulfide) groups is 1. The van der Waals surface area contributed by atoms with Gasteiger partial charge in [-0.05, 0) is 43.5 Å². The van der Waals surface area contributed by atoms with Gasteiger partial charge in [-0.2, -0.15) is 13.2 Å². The molecule has 0 amide bonds. The molecule has 1 aliphatic rings. The first kappa shape index (κ1) is 21.0. The first-order valence-corrected chi connectivity index (χ1v) is 11.2. The Morgan fingerprint density at radius 3 is 2.37 bits per heavy atom. The third-order valence-corrected chi connectivity index (χ3v) is 6.58. The third kappa shape index (κ3) is 4.56. The van der Waals surface area contributed by atoms with E-state index in [1.165, 1.54) is 43.2 Å². The van der Waals surface area contributed by atoms with Crippen LogP contribution in [0.2, 0.25) is 0 Å². The van der Waals surface area contributed by atoms with E-state index in [0.717, 1.165) is 36.0 Å². The van der Waals surface area contributed by atoms with Gasteiger partial charge < -0.3 is 0 Å². The minimum Gasteiger partial charge on any atom is -0.274 e. The van der Waals surface area contributed by atoms with E-state index < -0.39 is 11.7 Å². The van der Waals surface area contributed by atoms with Crippen molar-refractivity contribution in [1.82, 2.24) is 14.8 Å². The highest BCUT2D eigenvalue weighted by molar-refractivity contribution is 7.98. The second-order valence-corrected chi connectivity index (χ2v) is 8.73. The molecular formula is C23H24F3N3S. The fourth-order valence-electron chi connectivity index (χ4n) is 4.00. The normalized spacial score (nSPS) is 15.5. The predicted octanol–water partition coefficient (Wildman–Crippen LogP) is 6.93. The van der Waals surface area contributed by atoms with Gasteiger partial charge in [0.2, 0.25) is 0 Å². The molecule has 0 saturated heterocycles. The molecule has 7 heteroatoms. The van der Waals surface area contributed by atoms with Crippen LogP contribution in [-0.4, -0.2) is 14.8 Å². The molecule has 0 N–H and O–H groups in total. The lowest BCUT2D eigenvalue weighted by Gasteiger charge is -2.22. The van der Waals surface area contributed by atoms with Gasteiger partial charge >= 0.3 is 6.18 Å². The first-order valence-electron chi connectivity index (χ1n) is 10.2. The van der Waals surface area contributed by atoms with Crippen molar-refractivity contribution in [3.05, 3.63) is 71.0 Å². The Morgan fingerprint density at radius 2 is 1.67 bits per heavy atom. The van der Waals surface area contributed by atoms with Crippen molar-refractivity contribution < 1.29 is 13.2 Å². The van der Waals surface area contributed by atoms with Gasteiger partial charge in [0.25, 0.3) is 0 Å². The average molecular weight is 432 g/mol. The number of alkyl halides is 3. The standard InChI is InChI=1S/C23H24F3N3S/c1-16-11-13-19(14-12-16)29-21(17-7-3-2-4-8-17)27-28-22(29)30-15-18-9-5-6-10-20(18)23(24,25)26/h5-6,9-14,17H,2-4,7-8,15H2,1H3. The maximum atomic E-state index is 13.4. The van der Waals surface area contributed by atoms with Gasteiger partial charge in [0.1, 0.15) is 5.82 Å². The van der Waals surface area contributed by atoms with Gasteiger partial charge in [0, 0.05) is 17.4 Å². The third-order valence-electron chi connectivity index (χ3n) is 5.60. The molecule has 1 aromatic heterocycles. The van der Waals surface area contributed by atoms with Crippen molar-refractivity contribution in [2.75, 3.05) is 0 Å². The Balaban J connectivity index is 1.67. The van der Waals surface area contributed by atoms with E-state index in [2.05, 4.69) is 10.2 Å². The van der Waals surface area contributed by atoms with E-state index in [0.29, 0.717) is 11.1 Å². The lowest BCUT2D eigenvalue weighted by molar-refractivity contribution is -0.138. The average Bonchev–Trinajstić information content (AvgIpc) is 3.17. The fraction of sp³-hybridized carbons (Fsp3) is 0.391. The molecule has 30 heavy (non-hydrogen) atoms. The molecule has 3 nitrogen and oxygen atoms in total. The number of aryl methyl sites for hydroxylation is 1. The Morgan fingerprint density at radius 1 is 0.967 bits per heavy atom. The maximum Gasteiger partial charge on any atom is 0.416 e. The summed E-state index contributed by atoms with van der Waals surface area (Å²) in [5.41, 5.74) is 1.77. The summed E-state index contributed by atoms with van der Waals surface area (Å²) in [7, 11) is 0. The topological polar surface area (TPSA) is 30.7 Å². The van der Waals surface area contributed by atoms with E-state index in [9.17, 15) is 13.2 Å². The number of rotatable bonds is 5. The van der Waals surface area contributed by atoms with Crippen molar-refractivity contribution in [1.29, 1.82) is 0 Å². The van der Waals surface area contributed by atoms with Gasteiger partial charge in [-0.3, -0.25) is 4.57 Å². The van der Waals surface area contributed by atoms with Gasteiger partial charge in [0.15, 0.2) is 5.16 Å². The number of benzene rings is 2. The fourth-order valence-corrected chi connectivity index (χ4v) is 4.96. The van der Waals surface area contributed by atoms with Crippen LogP contribution in [0.4, 0.5) is 13.2 Å². The Bertz CT molecular complexity index is 990. The Labute approximate surface area is 178 Å². The molecular weight excluding hydrogens is 407 g/mol. The van der Waals surface area contributed by atoms with Crippen LogP contribution in [0.15, 0.2) is 53.7 Å². The number of nitrogens with zero attached hydrogens (tertiary/aromatic N) is 3. The molecule has 0 radical (unpaired) electrons. The van der Waals surface area contributed by atoms with E-state index in [-0.39, 0.29) is 11.3 Å². The van der Waals surface area contributed by atoms with Crippen molar-refractivity contribution in [3.8, 4) is 5.69 Å². The van der Waals surface area contributed by atoms with Crippen LogP contribution >= 0.6 is 11.8 Å². The lowest BCUT2D eigenvalue weighted by atomic mass is 9.88. The van der Waals surface area contributed by atoms with Gasteiger partial charge in [-0.1, -0.05) is 66.9 Å². The summed E-state index contributed by atoms with van der Waals surface area (Å²) < 4.78 is 42.1. The molecule has 0 spiro atoms. The summed E-state index contributed by atoms with van der Waals surface area (Å²) in [6, 6.07) is 13.9. The second-order valence-electron chi connectivity index (χ2n) is 7.79. The van der Waals surface area contributed by atoms with E-state index >= 15 is 0 Å². The highest BCUT2D eigenvalue weighted by Gasteiger charge is 2.33. The quantitative estimate of drug-likeness (QED) is 0.410. The zero-order valence-corrected chi connectivity index (χ0v) is 17.6. The minimum atomic E-state index is -4.37. The zero-order chi connectivity index (χ0) is 21.1. The number of halogens is 3. The minimum absolute atomic E-state index is 0.185. The summed E-state index contributed by atoms with van der Waals surface area (Å²) in [6.45, 7) is 2.03. The first-order chi connectivity index (χ1) is 14.4. The predicted molar refractivity (Wildman–Crippen MR) is 113 cm³/mol. The molecule has 1 aliphatic carbocycles. The lowest BCUT2D eigenvalue weighted by Crippen LogP contribution is -2.12. The molecule has 0 unspecified atom stereocenters. The molecule has 158 valence electrons. The van der Waals surface area contributed by atoms with Crippen molar-refractivity contribution in [3.63, 3.8) is 0 Å². The largest absolute Gasteiger partial charge is 0.416 e. The van der Waals surface area contributed by atoms with Crippen LogP contribution in [-0.2, 0) is 11.9 Å². The van der Waals surface area contributed by atoms with Crippen molar-refractivity contribution in [2.45, 2.75) is 62.0 Å². The maximum absolute atomic E-state index is 13.4. The molecule has 1 heterocycles. The molecule has 1 saturated carbocycles. The highest BCUT2D eigenvalue weighted by Crippen LogP contribution is 2.37. The molecule has 4 rings (SSSR count). The van der Waals surface area contributed by atoms with E-state index in [1.807, 2.05) is 35.8 Å². The van der Waals surface area contributed by atoms with Crippen LogP contribution in [0.5, 0.6) is 0 Å². The molecule has 0 atom stereocenters. The molecule has 0 bridgehead atoms. The summed E-state index contributed by atoms with van der Waals surface area (Å²) >= 11 is 1.30. The van der Waals surface area contributed by atoms with Crippen LogP contribution in [0.3, 0.4) is 0 Å². The van der Waals surface area contributed by atoms with Crippen molar-refractivity contribution >= 4 is 11.8 Å². The van der Waals surface area contributed by atoms with E-state index in [1.54, 1.807) is 6.07 Å². The van der Waals surface area contributed by atoms with Crippen LogP contribution in [0.25, 0.3) is 5.69 Å². The zero-order valence-electron chi connectivity index (χ0n) is 16.8.